The van der Waals surface area contributed by atoms with Crippen molar-refractivity contribution in [3.8, 4) is 0 Å². The Kier molecular flexibility index (Phi) is 4.54. The van der Waals surface area contributed by atoms with Crippen LogP contribution in [0.15, 0.2) is 36.5 Å². The SMILES string of the molecule is CC(C)NC(=O)c1cnn(Cc2ccccc2)c1C(F)(F)F. The van der Waals surface area contributed by atoms with Gasteiger partial charge in [-0.1, -0.05) is 30.3 Å². The van der Waals surface area contributed by atoms with E-state index >= 15 is 0 Å². The fourth-order valence-electron chi connectivity index (χ4n) is 2.07. The summed E-state index contributed by atoms with van der Waals surface area (Å²) in [7, 11) is 0. The number of amides is 1. The Hall–Kier alpha value is -2.31. The van der Waals surface area contributed by atoms with E-state index in [1.54, 1.807) is 44.2 Å². The Morgan fingerprint density at radius 3 is 2.45 bits per heavy atom. The quantitative estimate of drug-likeness (QED) is 0.943. The van der Waals surface area contributed by atoms with Crippen molar-refractivity contribution >= 4 is 5.91 Å². The molecule has 0 aliphatic carbocycles. The van der Waals surface area contributed by atoms with Gasteiger partial charge in [-0.15, -0.1) is 0 Å². The highest BCUT2D eigenvalue weighted by atomic mass is 19.4. The molecule has 1 heterocycles. The number of hydrogen-bond donors (Lipinski definition) is 1. The third-order valence-electron chi connectivity index (χ3n) is 2.95. The molecular formula is C15H16F3N3O. The molecule has 0 saturated heterocycles. The van der Waals surface area contributed by atoms with Crippen molar-refractivity contribution in [2.24, 2.45) is 0 Å². The number of rotatable bonds is 4. The normalized spacial score (nSPS) is 11.7. The van der Waals surface area contributed by atoms with E-state index in [1.807, 2.05) is 0 Å². The van der Waals surface area contributed by atoms with Gasteiger partial charge in [-0.25, -0.2) is 0 Å². The van der Waals surface area contributed by atoms with E-state index in [9.17, 15) is 18.0 Å². The lowest BCUT2D eigenvalue weighted by Crippen LogP contribution is -2.32. The first-order valence-corrected chi connectivity index (χ1v) is 6.77. The monoisotopic (exact) mass is 311 g/mol. The van der Waals surface area contributed by atoms with Gasteiger partial charge in [0.2, 0.25) is 0 Å². The zero-order valence-corrected chi connectivity index (χ0v) is 12.2. The maximum Gasteiger partial charge on any atom is 0.433 e. The predicted molar refractivity (Wildman–Crippen MR) is 75.4 cm³/mol. The summed E-state index contributed by atoms with van der Waals surface area (Å²) in [5.41, 5.74) is -0.821. The summed E-state index contributed by atoms with van der Waals surface area (Å²) in [6.07, 6.45) is -3.70. The molecule has 0 unspecified atom stereocenters. The van der Waals surface area contributed by atoms with Crippen LogP contribution < -0.4 is 5.32 Å². The molecule has 0 atom stereocenters. The van der Waals surface area contributed by atoms with Crippen molar-refractivity contribution in [1.29, 1.82) is 0 Å². The molecule has 0 bridgehead atoms. The van der Waals surface area contributed by atoms with E-state index in [0.717, 1.165) is 10.9 Å². The maximum absolute atomic E-state index is 13.3. The van der Waals surface area contributed by atoms with Crippen molar-refractivity contribution in [3.63, 3.8) is 0 Å². The molecular weight excluding hydrogens is 295 g/mol. The molecule has 22 heavy (non-hydrogen) atoms. The zero-order chi connectivity index (χ0) is 16.3. The van der Waals surface area contributed by atoms with Crippen molar-refractivity contribution in [2.45, 2.75) is 32.6 Å². The third kappa shape index (κ3) is 3.66. The molecule has 7 heteroatoms. The van der Waals surface area contributed by atoms with E-state index in [2.05, 4.69) is 10.4 Å². The second-order valence-electron chi connectivity index (χ2n) is 5.18. The molecule has 2 rings (SSSR count). The van der Waals surface area contributed by atoms with Crippen LogP contribution in [0.2, 0.25) is 0 Å². The molecule has 2 aromatic rings. The first-order chi connectivity index (χ1) is 10.3. The maximum atomic E-state index is 13.3. The van der Waals surface area contributed by atoms with Crippen LogP contribution in [0.4, 0.5) is 13.2 Å². The highest BCUT2D eigenvalue weighted by Gasteiger charge is 2.40. The van der Waals surface area contributed by atoms with Gasteiger partial charge < -0.3 is 5.32 Å². The fourth-order valence-corrected chi connectivity index (χ4v) is 2.07. The molecule has 4 nitrogen and oxygen atoms in total. The van der Waals surface area contributed by atoms with Crippen LogP contribution in [0.1, 0.15) is 35.5 Å². The first kappa shape index (κ1) is 16.1. The second-order valence-corrected chi connectivity index (χ2v) is 5.18. The number of aromatic nitrogens is 2. The minimum absolute atomic E-state index is 0.0510. The summed E-state index contributed by atoms with van der Waals surface area (Å²) in [6.45, 7) is 3.31. The van der Waals surface area contributed by atoms with Gasteiger partial charge in [-0.05, 0) is 19.4 Å². The molecule has 118 valence electrons. The van der Waals surface area contributed by atoms with Crippen LogP contribution in [-0.4, -0.2) is 21.7 Å². The number of halogens is 3. The Bertz CT molecular complexity index is 648. The lowest BCUT2D eigenvalue weighted by molar-refractivity contribution is -0.144. The number of alkyl halides is 3. The summed E-state index contributed by atoms with van der Waals surface area (Å²) in [6, 6.07) is 8.40. The van der Waals surface area contributed by atoms with Crippen LogP contribution in [0.3, 0.4) is 0 Å². The van der Waals surface area contributed by atoms with Crippen LogP contribution >= 0.6 is 0 Å². The molecule has 1 amide bonds. The van der Waals surface area contributed by atoms with E-state index in [0.29, 0.717) is 5.56 Å². The Labute approximate surface area is 125 Å². The first-order valence-electron chi connectivity index (χ1n) is 6.77. The van der Waals surface area contributed by atoms with Gasteiger partial charge in [-0.2, -0.15) is 18.3 Å². The molecule has 0 saturated carbocycles. The highest BCUT2D eigenvalue weighted by Crippen LogP contribution is 2.32. The van der Waals surface area contributed by atoms with Gasteiger partial charge >= 0.3 is 6.18 Å². The molecule has 1 aromatic carbocycles. The van der Waals surface area contributed by atoms with Gasteiger partial charge in [0.05, 0.1) is 18.3 Å². The number of carbonyl (C=O) groups is 1. The summed E-state index contributed by atoms with van der Waals surface area (Å²) in [5.74, 6) is -0.776. The zero-order valence-electron chi connectivity index (χ0n) is 12.2. The van der Waals surface area contributed by atoms with Gasteiger partial charge in [0.25, 0.3) is 5.91 Å². The largest absolute Gasteiger partial charge is 0.433 e. The smallest absolute Gasteiger partial charge is 0.350 e. The summed E-state index contributed by atoms with van der Waals surface area (Å²) in [5, 5.41) is 6.20. The number of benzene rings is 1. The van der Waals surface area contributed by atoms with E-state index < -0.39 is 23.3 Å². The van der Waals surface area contributed by atoms with Crippen molar-refractivity contribution in [3.05, 3.63) is 53.3 Å². The van der Waals surface area contributed by atoms with Crippen molar-refractivity contribution in [1.82, 2.24) is 15.1 Å². The van der Waals surface area contributed by atoms with Crippen LogP contribution in [0.25, 0.3) is 0 Å². The number of nitrogens with one attached hydrogen (secondary N) is 1. The predicted octanol–water partition coefficient (Wildman–Crippen LogP) is 3.09. The average molecular weight is 311 g/mol. The molecule has 0 radical (unpaired) electrons. The minimum atomic E-state index is -4.66. The summed E-state index contributed by atoms with van der Waals surface area (Å²) in [4.78, 5) is 11.9. The summed E-state index contributed by atoms with van der Waals surface area (Å²) >= 11 is 0. The van der Waals surface area contributed by atoms with E-state index in [-0.39, 0.29) is 12.6 Å². The lowest BCUT2D eigenvalue weighted by atomic mass is 10.2. The van der Waals surface area contributed by atoms with Crippen molar-refractivity contribution in [2.75, 3.05) is 0 Å². The van der Waals surface area contributed by atoms with Crippen molar-refractivity contribution < 1.29 is 18.0 Å². The van der Waals surface area contributed by atoms with Gasteiger partial charge in [0.15, 0.2) is 5.69 Å². The average Bonchev–Trinajstić information content (AvgIpc) is 2.83. The highest BCUT2D eigenvalue weighted by molar-refractivity contribution is 5.95. The minimum Gasteiger partial charge on any atom is -0.350 e. The molecule has 1 aromatic heterocycles. The lowest BCUT2D eigenvalue weighted by Gasteiger charge is -2.13. The van der Waals surface area contributed by atoms with Crippen LogP contribution in [-0.2, 0) is 12.7 Å². The standard InChI is InChI=1S/C15H16F3N3O/c1-10(2)20-14(22)12-8-19-21(13(12)15(16,17)18)9-11-6-4-3-5-7-11/h3-8,10H,9H2,1-2H3,(H,20,22). The molecule has 0 aliphatic rings. The van der Waals surface area contributed by atoms with Gasteiger partial charge in [0.1, 0.15) is 0 Å². The van der Waals surface area contributed by atoms with E-state index in [4.69, 9.17) is 0 Å². The summed E-state index contributed by atoms with van der Waals surface area (Å²) < 4.78 is 40.7. The van der Waals surface area contributed by atoms with Gasteiger partial charge in [-0.3, -0.25) is 9.48 Å². The molecule has 0 aliphatic heterocycles. The Balaban J connectivity index is 2.39. The van der Waals surface area contributed by atoms with Crippen LogP contribution in [0.5, 0.6) is 0 Å². The molecule has 1 N–H and O–H groups in total. The van der Waals surface area contributed by atoms with Crippen LogP contribution in [0, 0.1) is 0 Å². The Morgan fingerprint density at radius 1 is 1.27 bits per heavy atom. The third-order valence-corrected chi connectivity index (χ3v) is 2.95. The van der Waals surface area contributed by atoms with E-state index in [1.165, 1.54) is 0 Å². The number of nitrogens with zero attached hydrogens (tertiary/aromatic N) is 2. The Morgan fingerprint density at radius 2 is 1.91 bits per heavy atom. The number of hydrogen-bond acceptors (Lipinski definition) is 2. The van der Waals surface area contributed by atoms with Gasteiger partial charge in [0, 0.05) is 6.04 Å². The molecule has 0 spiro atoms. The number of carbonyl (C=O) groups excluding carboxylic acids is 1. The molecule has 0 fully saturated rings. The second kappa shape index (κ2) is 6.21. The topological polar surface area (TPSA) is 46.9 Å². The fraction of sp³-hybridized carbons (Fsp3) is 0.333.